The Morgan fingerprint density at radius 1 is 0.968 bits per heavy atom. The third kappa shape index (κ3) is 5.50. The molecule has 0 aromatic heterocycles. The summed E-state index contributed by atoms with van der Waals surface area (Å²) in [5.41, 5.74) is -7.95. The molecule has 0 aromatic carbocycles. The Bertz CT molecular complexity index is 757. The minimum Gasteiger partial charge on any atom is -0.467 e. The van der Waals surface area contributed by atoms with Crippen molar-refractivity contribution in [1.29, 1.82) is 0 Å². The first-order chi connectivity index (χ1) is 13.8. The third-order valence-corrected chi connectivity index (χ3v) is 4.40. The number of rotatable bonds is 5. The van der Waals surface area contributed by atoms with Gasteiger partial charge in [-0.05, 0) is 55.4 Å². The quantitative estimate of drug-likeness (QED) is 0.503. The molecular weight excluding hydrogens is 415 g/mol. The van der Waals surface area contributed by atoms with Gasteiger partial charge in [-0.25, -0.2) is 18.8 Å². The molecule has 0 unspecified atom stereocenters. The number of nitrogens with zero attached hydrogens (tertiary/aromatic N) is 1. The molecule has 3 amide bonds. The number of hydrogen-bond donors (Lipinski definition) is 1. The van der Waals surface area contributed by atoms with E-state index in [1.807, 2.05) is 0 Å². The summed E-state index contributed by atoms with van der Waals surface area (Å²) in [6.45, 7) is 11.5. The number of carbonyl (C=O) groups excluding carboxylic acids is 5. The highest BCUT2D eigenvalue weighted by atomic mass is 19.1. The first-order valence-corrected chi connectivity index (χ1v) is 9.67. The van der Waals surface area contributed by atoms with Crippen LogP contribution in [0.5, 0.6) is 0 Å². The Morgan fingerprint density at radius 2 is 1.39 bits per heavy atom. The molecule has 31 heavy (non-hydrogen) atoms. The number of Topliss-reactive ketones (excluding diaryl/α,β-unsaturated/α-hetero) is 1. The lowest BCUT2D eigenvalue weighted by Gasteiger charge is -2.33. The van der Waals surface area contributed by atoms with Crippen molar-refractivity contribution in [2.24, 2.45) is 0 Å². The molecule has 176 valence electrons. The molecular formula is C20H31FN2O8. The van der Waals surface area contributed by atoms with E-state index >= 15 is 4.39 Å². The lowest BCUT2D eigenvalue weighted by Crippen LogP contribution is -2.60. The third-order valence-electron chi connectivity index (χ3n) is 4.40. The van der Waals surface area contributed by atoms with Crippen LogP contribution in [-0.2, 0) is 28.6 Å². The SMILES string of the molecule is COC(=O)[C@]1(N(C(=O)OC(C)(C)C)C(=O)OC(C)(C)C)C[C@@]1(F)C(=O)N[C@@H](C)C(C)=O. The lowest BCUT2D eigenvalue weighted by molar-refractivity contribution is -0.153. The number of ether oxygens (including phenoxy) is 3. The van der Waals surface area contributed by atoms with Crippen LogP contribution in [0.3, 0.4) is 0 Å². The van der Waals surface area contributed by atoms with E-state index in [1.165, 1.54) is 55.4 Å². The maximum Gasteiger partial charge on any atom is 0.421 e. The molecule has 0 bridgehead atoms. The van der Waals surface area contributed by atoms with Crippen LogP contribution in [0.15, 0.2) is 0 Å². The number of methoxy groups -OCH3 is 1. The van der Waals surface area contributed by atoms with Gasteiger partial charge >= 0.3 is 18.2 Å². The molecule has 1 aliphatic carbocycles. The van der Waals surface area contributed by atoms with Crippen LogP contribution in [0.1, 0.15) is 61.8 Å². The zero-order valence-electron chi connectivity index (χ0n) is 19.4. The summed E-state index contributed by atoms with van der Waals surface area (Å²) in [6, 6.07) is -1.06. The lowest BCUT2D eigenvalue weighted by atomic mass is 10.1. The number of nitrogens with one attached hydrogen (secondary N) is 1. The van der Waals surface area contributed by atoms with Crippen molar-refractivity contribution in [3.05, 3.63) is 0 Å². The number of esters is 1. The highest BCUT2D eigenvalue weighted by Gasteiger charge is 2.85. The second-order valence-electron chi connectivity index (χ2n) is 9.43. The average molecular weight is 446 g/mol. The summed E-state index contributed by atoms with van der Waals surface area (Å²) in [4.78, 5) is 62.6. The summed E-state index contributed by atoms with van der Waals surface area (Å²) in [6.07, 6.45) is -3.67. The molecule has 1 saturated carbocycles. The molecule has 0 spiro atoms. The zero-order valence-corrected chi connectivity index (χ0v) is 19.4. The van der Waals surface area contributed by atoms with Gasteiger partial charge in [0.2, 0.25) is 11.2 Å². The number of amides is 3. The van der Waals surface area contributed by atoms with Crippen LogP contribution in [0, 0.1) is 0 Å². The van der Waals surface area contributed by atoms with Crippen molar-refractivity contribution < 1.29 is 42.6 Å². The average Bonchev–Trinajstić information content (AvgIpc) is 3.18. The molecule has 10 nitrogen and oxygen atoms in total. The van der Waals surface area contributed by atoms with Crippen LogP contribution in [0.2, 0.25) is 0 Å². The Kier molecular flexibility index (Phi) is 7.15. The highest BCUT2D eigenvalue weighted by Crippen LogP contribution is 2.57. The number of hydrogen-bond acceptors (Lipinski definition) is 8. The standard InChI is InChI=1S/C20H31FN2O8/c1-11(12(2)24)22-13(25)19(21)10-20(19,14(26)29-9)23(15(27)30-17(3,4)5)16(28)31-18(6,7)8/h11H,10H2,1-9H3,(H,22,25)/t11-,19+,20+/m0/s1. The molecule has 1 N–H and O–H groups in total. The molecule has 0 saturated heterocycles. The van der Waals surface area contributed by atoms with Crippen molar-refractivity contribution in [3.8, 4) is 0 Å². The second kappa shape index (κ2) is 8.43. The van der Waals surface area contributed by atoms with Gasteiger partial charge < -0.3 is 19.5 Å². The molecule has 1 fully saturated rings. The van der Waals surface area contributed by atoms with E-state index < -0.39 is 64.7 Å². The van der Waals surface area contributed by atoms with Crippen LogP contribution in [-0.4, -0.2) is 70.3 Å². The second-order valence-corrected chi connectivity index (χ2v) is 9.43. The van der Waals surface area contributed by atoms with Gasteiger partial charge in [-0.3, -0.25) is 9.59 Å². The predicted molar refractivity (Wildman–Crippen MR) is 106 cm³/mol. The summed E-state index contributed by atoms with van der Waals surface area (Å²) < 4.78 is 30.8. The van der Waals surface area contributed by atoms with E-state index in [0.717, 1.165) is 7.11 Å². The van der Waals surface area contributed by atoms with E-state index in [9.17, 15) is 24.0 Å². The van der Waals surface area contributed by atoms with Gasteiger partial charge in [0.05, 0.1) is 13.2 Å². The highest BCUT2D eigenvalue weighted by molar-refractivity contribution is 6.09. The van der Waals surface area contributed by atoms with Crippen molar-refractivity contribution in [3.63, 3.8) is 0 Å². The fraction of sp³-hybridized carbons (Fsp3) is 0.750. The van der Waals surface area contributed by atoms with Crippen molar-refractivity contribution >= 4 is 29.8 Å². The summed E-state index contributed by atoms with van der Waals surface area (Å²) >= 11 is 0. The van der Waals surface area contributed by atoms with Crippen molar-refractivity contribution in [2.45, 2.75) is 90.3 Å². The van der Waals surface area contributed by atoms with E-state index in [-0.39, 0.29) is 4.90 Å². The minimum atomic E-state index is -3.06. The van der Waals surface area contributed by atoms with Crippen LogP contribution < -0.4 is 5.32 Å². The van der Waals surface area contributed by atoms with Crippen LogP contribution >= 0.6 is 0 Å². The van der Waals surface area contributed by atoms with Crippen molar-refractivity contribution in [2.75, 3.05) is 7.11 Å². The molecule has 0 radical (unpaired) electrons. The first-order valence-electron chi connectivity index (χ1n) is 9.67. The molecule has 11 heteroatoms. The van der Waals surface area contributed by atoms with Gasteiger partial charge in [0.25, 0.3) is 5.91 Å². The van der Waals surface area contributed by atoms with E-state index in [0.29, 0.717) is 0 Å². The minimum absolute atomic E-state index is 0.146. The van der Waals surface area contributed by atoms with E-state index in [2.05, 4.69) is 10.1 Å². The number of alkyl halides is 1. The molecule has 0 heterocycles. The molecule has 1 aliphatic rings. The first kappa shape index (κ1) is 26.3. The fourth-order valence-corrected chi connectivity index (χ4v) is 2.74. The van der Waals surface area contributed by atoms with Crippen LogP contribution in [0.25, 0.3) is 0 Å². The largest absolute Gasteiger partial charge is 0.467 e. The van der Waals surface area contributed by atoms with Gasteiger partial charge in [-0.15, -0.1) is 0 Å². The van der Waals surface area contributed by atoms with Gasteiger partial charge in [0.1, 0.15) is 11.2 Å². The van der Waals surface area contributed by atoms with Crippen molar-refractivity contribution in [1.82, 2.24) is 10.2 Å². The predicted octanol–water partition coefficient (Wildman–Crippen LogP) is 2.28. The number of ketones is 1. The molecule has 3 atom stereocenters. The molecule has 0 aromatic rings. The normalized spacial score (nSPS) is 23.8. The zero-order chi connectivity index (χ0) is 24.6. The van der Waals surface area contributed by atoms with Gasteiger partial charge in [-0.2, -0.15) is 4.90 Å². The van der Waals surface area contributed by atoms with E-state index in [4.69, 9.17) is 9.47 Å². The molecule has 0 aliphatic heterocycles. The topological polar surface area (TPSA) is 128 Å². The smallest absolute Gasteiger partial charge is 0.421 e. The van der Waals surface area contributed by atoms with E-state index in [1.54, 1.807) is 0 Å². The Labute approximate surface area is 180 Å². The monoisotopic (exact) mass is 446 g/mol. The summed E-state index contributed by atoms with van der Waals surface area (Å²) in [5, 5.41) is 2.14. The van der Waals surface area contributed by atoms with Gasteiger partial charge in [0, 0.05) is 6.42 Å². The Hall–Kier alpha value is -2.72. The number of imide groups is 1. The van der Waals surface area contributed by atoms with Gasteiger partial charge in [0.15, 0.2) is 5.78 Å². The maximum atomic E-state index is 15.8. The van der Waals surface area contributed by atoms with Gasteiger partial charge in [-0.1, -0.05) is 0 Å². The summed E-state index contributed by atoms with van der Waals surface area (Å²) in [5.74, 6) is -3.16. The molecule has 1 rings (SSSR count). The Morgan fingerprint density at radius 3 is 1.71 bits per heavy atom. The Balaban J connectivity index is 3.52. The fourth-order valence-electron chi connectivity index (χ4n) is 2.74. The number of halogens is 1. The van der Waals surface area contributed by atoms with Crippen LogP contribution in [0.4, 0.5) is 14.0 Å². The summed E-state index contributed by atoms with van der Waals surface area (Å²) in [7, 11) is 0.918. The number of carbonyl (C=O) groups is 5. The maximum absolute atomic E-state index is 15.8.